The molecule has 0 aliphatic heterocycles. The van der Waals surface area contributed by atoms with Gasteiger partial charge in [0.1, 0.15) is 0 Å². The number of aromatic nitrogens is 3. The maximum Gasteiger partial charge on any atom is 0.179 e. The van der Waals surface area contributed by atoms with Crippen molar-refractivity contribution in [2.24, 2.45) is 0 Å². The second kappa shape index (κ2) is 16.1. The molecule has 11 aromatic carbocycles. The zero-order valence-electron chi connectivity index (χ0n) is 38.3. The van der Waals surface area contributed by atoms with Crippen molar-refractivity contribution in [3.05, 3.63) is 273 Å². The number of hydrogen-bond donors (Lipinski definition) is 0. The van der Waals surface area contributed by atoms with Crippen LogP contribution in [-0.4, -0.2) is 21.8 Å². The Morgan fingerprint density at radius 1 is 0.229 bits per heavy atom. The van der Waals surface area contributed by atoms with Gasteiger partial charge in [-0.15, -0.1) is 0 Å². The SMILES string of the molecule is c1ccc(-c2cccc(-n3c4cc(-n5c6ccccc6c6cc([Si](c7ccccc7)(c7ccccc7)c7ccccc7)ccc65)ccc4c4c(-n5c6ccccc6c6ccccc65)cccc43)c2)cc1. The zero-order valence-corrected chi connectivity index (χ0v) is 39.3. The number of benzene rings is 11. The van der Waals surface area contributed by atoms with Crippen molar-refractivity contribution in [1.82, 2.24) is 13.7 Å². The summed E-state index contributed by atoms with van der Waals surface area (Å²) in [6, 6.07) is 101. The molecule has 3 aromatic heterocycles. The molecule has 70 heavy (non-hydrogen) atoms. The summed E-state index contributed by atoms with van der Waals surface area (Å²) in [6.07, 6.45) is 0. The molecular weight excluding hydrogens is 863 g/mol. The van der Waals surface area contributed by atoms with Crippen LogP contribution in [-0.2, 0) is 0 Å². The summed E-state index contributed by atoms with van der Waals surface area (Å²) in [5, 5.41) is 12.9. The van der Waals surface area contributed by atoms with Gasteiger partial charge in [0.05, 0.1) is 38.8 Å². The van der Waals surface area contributed by atoms with Gasteiger partial charge in [0.25, 0.3) is 0 Å². The molecule has 328 valence electrons. The molecular formula is C66H45N3Si. The molecule has 4 heteroatoms. The van der Waals surface area contributed by atoms with Crippen molar-refractivity contribution in [2.45, 2.75) is 0 Å². The fourth-order valence-electron chi connectivity index (χ4n) is 11.8. The summed E-state index contributed by atoms with van der Waals surface area (Å²) in [7, 11) is -2.78. The Balaban J connectivity index is 1.05. The lowest BCUT2D eigenvalue weighted by Crippen LogP contribution is -2.74. The summed E-state index contributed by atoms with van der Waals surface area (Å²) >= 11 is 0. The molecule has 3 heterocycles. The van der Waals surface area contributed by atoms with Crippen LogP contribution in [0.4, 0.5) is 0 Å². The number of fused-ring (bicyclic) bond motifs is 9. The highest BCUT2D eigenvalue weighted by atomic mass is 28.3. The zero-order chi connectivity index (χ0) is 46.2. The fraction of sp³-hybridized carbons (Fsp3) is 0. The molecule has 14 aromatic rings. The maximum absolute atomic E-state index is 2.78. The molecule has 0 radical (unpaired) electrons. The Kier molecular flexibility index (Phi) is 9.23. The van der Waals surface area contributed by atoms with Gasteiger partial charge in [0.15, 0.2) is 8.07 Å². The molecule has 3 nitrogen and oxygen atoms in total. The molecule has 0 amide bonds. The summed E-state index contributed by atoms with van der Waals surface area (Å²) < 4.78 is 7.45. The third-order valence-corrected chi connectivity index (χ3v) is 19.5. The molecule has 0 atom stereocenters. The predicted molar refractivity (Wildman–Crippen MR) is 299 cm³/mol. The molecule has 0 saturated carbocycles. The van der Waals surface area contributed by atoms with E-state index in [1.165, 1.54) is 86.3 Å². The summed E-state index contributed by atoms with van der Waals surface area (Å²) in [6.45, 7) is 0. The molecule has 0 aliphatic carbocycles. The first-order valence-electron chi connectivity index (χ1n) is 24.2. The number of para-hydroxylation sites is 3. The number of hydrogen-bond acceptors (Lipinski definition) is 0. The van der Waals surface area contributed by atoms with E-state index < -0.39 is 8.07 Å². The quantitative estimate of drug-likeness (QED) is 0.107. The molecule has 0 N–H and O–H groups in total. The highest BCUT2D eigenvalue weighted by Gasteiger charge is 2.41. The summed E-state index contributed by atoms with van der Waals surface area (Å²) in [4.78, 5) is 0. The van der Waals surface area contributed by atoms with Crippen molar-refractivity contribution in [2.75, 3.05) is 0 Å². The third-order valence-electron chi connectivity index (χ3n) is 14.8. The third kappa shape index (κ3) is 6.00. The molecule has 0 spiro atoms. The minimum atomic E-state index is -2.78. The van der Waals surface area contributed by atoms with Crippen LogP contribution in [0.1, 0.15) is 0 Å². The van der Waals surface area contributed by atoms with E-state index in [-0.39, 0.29) is 0 Å². The van der Waals surface area contributed by atoms with Crippen LogP contribution in [0.5, 0.6) is 0 Å². The van der Waals surface area contributed by atoms with Crippen LogP contribution in [0, 0.1) is 0 Å². The smallest absolute Gasteiger partial charge is 0.179 e. The van der Waals surface area contributed by atoms with Gasteiger partial charge >= 0.3 is 0 Å². The second-order valence-electron chi connectivity index (χ2n) is 18.4. The monoisotopic (exact) mass is 907 g/mol. The van der Waals surface area contributed by atoms with E-state index in [9.17, 15) is 0 Å². The van der Waals surface area contributed by atoms with Crippen molar-refractivity contribution < 1.29 is 0 Å². The summed E-state index contributed by atoms with van der Waals surface area (Å²) in [5.41, 5.74) is 12.8. The average molecular weight is 908 g/mol. The standard InChI is InChI=1S/C66H45N3Si/c1-5-21-46(22-6-1)47-23-19-24-48(43-47)68-63-37-20-38-64(69-60-35-17-13-31-54(60)55-32-14-18-36-61(55)69)66(63)57-41-39-49(44-65(57)68)67-59-34-16-15-33-56(59)58-45-53(40-42-62(58)67)70(50-25-7-2-8-26-50,51-27-9-3-10-28-51)52-29-11-4-12-30-52/h1-45H. The van der Waals surface area contributed by atoms with Crippen molar-refractivity contribution in [1.29, 1.82) is 0 Å². The lowest BCUT2D eigenvalue weighted by Gasteiger charge is -2.34. The van der Waals surface area contributed by atoms with E-state index in [2.05, 4.69) is 287 Å². The van der Waals surface area contributed by atoms with E-state index >= 15 is 0 Å². The van der Waals surface area contributed by atoms with Crippen LogP contribution >= 0.6 is 0 Å². The normalized spacial score (nSPS) is 12.0. The lowest BCUT2D eigenvalue weighted by atomic mass is 10.1. The fourth-order valence-corrected chi connectivity index (χ4v) is 16.6. The Morgan fingerprint density at radius 3 is 1.30 bits per heavy atom. The predicted octanol–water partition coefficient (Wildman–Crippen LogP) is 14.0. The minimum Gasteiger partial charge on any atom is -0.309 e. The Morgan fingerprint density at radius 2 is 0.686 bits per heavy atom. The number of nitrogens with zero attached hydrogens (tertiary/aromatic N) is 3. The van der Waals surface area contributed by atoms with Gasteiger partial charge in [0.2, 0.25) is 0 Å². The van der Waals surface area contributed by atoms with Crippen LogP contribution < -0.4 is 20.7 Å². The molecule has 0 aliphatic rings. The first-order chi connectivity index (χ1) is 34.8. The van der Waals surface area contributed by atoms with Gasteiger partial charge in [-0.2, -0.15) is 0 Å². The molecule has 0 fully saturated rings. The number of rotatable bonds is 8. The van der Waals surface area contributed by atoms with Crippen molar-refractivity contribution >= 4 is 94.2 Å². The lowest BCUT2D eigenvalue weighted by molar-refractivity contribution is 1.15. The molecule has 0 bridgehead atoms. The summed E-state index contributed by atoms with van der Waals surface area (Å²) in [5.74, 6) is 0. The van der Waals surface area contributed by atoms with Gasteiger partial charge in [-0.25, -0.2) is 0 Å². The van der Waals surface area contributed by atoms with Crippen molar-refractivity contribution in [3.63, 3.8) is 0 Å². The minimum absolute atomic E-state index is 1.12. The van der Waals surface area contributed by atoms with Gasteiger partial charge < -0.3 is 13.7 Å². The Hall–Kier alpha value is -8.96. The largest absolute Gasteiger partial charge is 0.309 e. The van der Waals surface area contributed by atoms with Crippen molar-refractivity contribution in [3.8, 4) is 28.2 Å². The van der Waals surface area contributed by atoms with Crippen LogP contribution in [0.3, 0.4) is 0 Å². The first kappa shape index (κ1) is 40.1. The second-order valence-corrected chi connectivity index (χ2v) is 22.2. The van der Waals surface area contributed by atoms with E-state index in [1.54, 1.807) is 0 Å². The van der Waals surface area contributed by atoms with Gasteiger partial charge in [-0.3, -0.25) is 0 Å². The van der Waals surface area contributed by atoms with Crippen LogP contribution in [0.15, 0.2) is 273 Å². The Labute approximate surface area is 407 Å². The molecule has 14 rings (SSSR count). The first-order valence-corrected chi connectivity index (χ1v) is 26.2. The Bertz CT molecular complexity index is 4130. The van der Waals surface area contributed by atoms with E-state index in [1.807, 2.05) is 0 Å². The molecule has 0 unspecified atom stereocenters. The van der Waals surface area contributed by atoms with Gasteiger partial charge in [-0.05, 0) is 92.5 Å². The van der Waals surface area contributed by atoms with E-state index in [0.29, 0.717) is 0 Å². The maximum atomic E-state index is 2.52. The van der Waals surface area contributed by atoms with E-state index in [4.69, 9.17) is 0 Å². The molecule has 0 saturated heterocycles. The van der Waals surface area contributed by atoms with Gasteiger partial charge in [0, 0.05) is 43.7 Å². The highest BCUT2D eigenvalue weighted by Crippen LogP contribution is 2.42. The highest BCUT2D eigenvalue weighted by molar-refractivity contribution is 7.20. The van der Waals surface area contributed by atoms with Gasteiger partial charge in [-0.1, -0.05) is 212 Å². The average Bonchev–Trinajstić information content (AvgIpc) is 4.08. The van der Waals surface area contributed by atoms with Crippen LogP contribution in [0.2, 0.25) is 0 Å². The van der Waals surface area contributed by atoms with E-state index in [0.717, 1.165) is 28.1 Å². The van der Waals surface area contributed by atoms with Crippen LogP contribution in [0.25, 0.3) is 93.6 Å². The topological polar surface area (TPSA) is 14.8 Å².